The summed E-state index contributed by atoms with van der Waals surface area (Å²) in [4.78, 5) is 23.9. The van der Waals surface area contributed by atoms with E-state index < -0.39 is 42.5 Å². The van der Waals surface area contributed by atoms with Crippen LogP contribution in [-0.2, 0) is 14.3 Å². The van der Waals surface area contributed by atoms with Crippen LogP contribution in [0.5, 0.6) is 0 Å². The molecule has 0 saturated carbocycles. The van der Waals surface area contributed by atoms with Crippen molar-refractivity contribution in [3.05, 3.63) is 23.8 Å². The topological polar surface area (TPSA) is 104 Å². The molecule has 182 valence electrons. The van der Waals surface area contributed by atoms with Crippen LogP contribution < -0.4 is 0 Å². The lowest BCUT2D eigenvalue weighted by molar-refractivity contribution is -0.164. The fourth-order valence-electron chi connectivity index (χ4n) is 4.86. The van der Waals surface area contributed by atoms with Crippen LogP contribution in [0.2, 0.25) is 0 Å². The van der Waals surface area contributed by atoms with Gasteiger partial charge in [-0.05, 0) is 75.6 Å². The third-order valence-corrected chi connectivity index (χ3v) is 7.08. The van der Waals surface area contributed by atoms with Gasteiger partial charge in [-0.2, -0.15) is 0 Å². The molecule has 0 aliphatic heterocycles. The lowest BCUT2D eigenvalue weighted by atomic mass is 9.65. The maximum Gasteiger partial charge on any atom is 0.311 e. The minimum absolute atomic E-state index is 0.0722. The van der Waals surface area contributed by atoms with Gasteiger partial charge in [0.1, 0.15) is 6.10 Å². The third-order valence-electron chi connectivity index (χ3n) is 7.08. The Morgan fingerprint density at radius 2 is 1.97 bits per heavy atom. The van der Waals surface area contributed by atoms with Gasteiger partial charge in [-0.25, -0.2) is 0 Å². The predicted octanol–water partition coefficient (Wildman–Crippen LogP) is 4.50. The van der Waals surface area contributed by atoms with Gasteiger partial charge in [0, 0.05) is 16.5 Å². The van der Waals surface area contributed by atoms with Crippen molar-refractivity contribution >= 4 is 11.9 Å². The molecule has 3 N–H and O–H groups in total. The first-order chi connectivity index (χ1) is 16.2. The zero-order valence-corrected chi connectivity index (χ0v) is 19.8. The summed E-state index contributed by atoms with van der Waals surface area (Å²) in [7, 11) is 0. The minimum Gasteiger partial charge on any atom is -0.481 e. The molecule has 6 nitrogen and oxygen atoms in total. The molecule has 0 saturated heterocycles. The number of carboxylic acids is 1. The van der Waals surface area contributed by atoms with Gasteiger partial charge >= 0.3 is 11.9 Å². The molecule has 2 aliphatic rings. The van der Waals surface area contributed by atoms with Gasteiger partial charge in [-0.3, -0.25) is 9.59 Å². The van der Waals surface area contributed by atoms with Gasteiger partial charge in [0.15, 0.2) is 0 Å². The van der Waals surface area contributed by atoms with Gasteiger partial charge in [0.05, 0.1) is 17.6 Å². The average Bonchev–Trinajstić information content (AvgIpc) is 2.75. The zero-order chi connectivity index (χ0) is 26.6. The summed E-state index contributed by atoms with van der Waals surface area (Å²) in [5, 5.41) is 29.3. The molecule has 2 aliphatic carbocycles. The highest BCUT2D eigenvalue weighted by Gasteiger charge is 2.42. The van der Waals surface area contributed by atoms with Crippen LogP contribution in [0, 0.1) is 29.1 Å². The third kappa shape index (κ3) is 7.17. The molecule has 0 heterocycles. The highest BCUT2D eigenvalue weighted by molar-refractivity contribution is 5.76. The Balaban J connectivity index is 2.16. The molecule has 1 unspecified atom stereocenters. The Morgan fingerprint density at radius 1 is 1.28 bits per heavy atom. The van der Waals surface area contributed by atoms with Crippen LogP contribution in [0.25, 0.3) is 0 Å². The number of esters is 1. The molecule has 0 aromatic carbocycles. The summed E-state index contributed by atoms with van der Waals surface area (Å²) in [5.41, 5.74) is -0.501. The fourth-order valence-corrected chi connectivity index (χ4v) is 4.86. The highest BCUT2D eigenvalue weighted by Crippen LogP contribution is 2.45. The van der Waals surface area contributed by atoms with Crippen molar-refractivity contribution in [2.75, 3.05) is 0 Å². The number of hydrogen-bond acceptors (Lipinski definition) is 5. The van der Waals surface area contributed by atoms with E-state index in [2.05, 4.69) is 32.1 Å². The first kappa shape index (κ1) is 22.1. The van der Waals surface area contributed by atoms with Crippen LogP contribution >= 0.6 is 0 Å². The van der Waals surface area contributed by atoms with Crippen LogP contribution in [0.4, 0.5) is 0 Å². The second kappa shape index (κ2) is 11.5. The van der Waals surface area contributed by atoms with E-state index >= 15 is 0 Å². The maximum absolute atomic E-state index is 13.1. The molecule has 0 bridgehead atoms. The van der Waals surface area contributed by atoms with Gasteiger partial charge in [-0.15, -0.1) is 0 Å². The Bertz CT molecular complexity index is 807. The van der Waals surface area contributed by atoms with E-state index in [1.807, 2.05) is 0 Å². The molecule has 8 atom stereocenters. The number of carbonyl (C=O) groups is 2. The average molecular weight is 454 g/mol. The number of rotatable bonds is 11. The Kier molecular flexibility index (Phi) is 7.93. The standard InChI is InChI=1S/C26H42O6/c1-6-26(4,5)25(31)32-22-14-16(2)13-18-8-7-17(3)21(24(18)22)11-9-19(27)15-20(28)10-12-23(29)30/h7-8,13,16-17,19-22,24,27-28H,6,9-12,14-15H2,1-5H3,(H,29,30)/t16-,17-,19+,20-,21-,22-,24+/m0/s1/i4D3/t16-,17-,19+,20-,21-,22-,24+,26?. The molecule has 0 fully saturated rings. The molecular weight excluding hydrogens is 408 g/mol. The van der Waals surface area contributed by atoms with E-state index in [-0.39, 0.29) is 49.4 Å². The summed E-state index contributed by atoms with van der Waals surface area (Å²) >= 11 is 0. The first-order valence-corrected chi connectivity index (χ1v) is 11.9. The second-order valence-electron chi connectivity index (χ2n) is 9.97. The van der Waals surface area contributed by atoms with E-state index in [1.165, 1.54) is 6.92 Å². The monoisotopic (exact) mass is 453 g/mol. The van der Waals surface area contributed by atoms with Gasteiger partial charge in [0.25, 0.3) is 0 Å². The van der Waals surface area contributed by atoms with E-state index in [0.717, 1.165) is 5.57 Å². The Hall–Kier alpha value is -1.66. The summed E-state index contributed by atoms with van der Waals surface area (Å²) in [6, 6.07) is 0. The quantitative estimate of drug-likeness (QED) is 0.398. The van der Waals surface area contributed by atoms with Gasteiger partial charge < -0.3 is 20.1 Å². The fraction of sp³-hybridized carbons (Fsp3) is 0.769. The largest absolute Gasteiger partial charge is 0.481 e. The number of ether oxygens (including phenoxy) is 1. The lowest BCUT2D eigenvalue weighted by Gasteiger charge is -2.44. The number of fused-ring (bicyclic) bond motifs is 1. The van der Waals surface area contributed by atoms with Crippen LogP contribution in [-0.4, -0.2) is 45.6 Å². The number of aliphatic carboxylic acids is 1. The van der Waals surface area contributed by atoms with E-state index in [0.29, 0.717) is 19.3 Å². The summed E-state index contributed by atoms with van der Waals surface area (Å²) in [6.07, 6.45) is 6.13. The number of aliphatic hydroxyl groups excluding tert-OH is 2. The first-order valence-electron chi connectivity index (χ1n) is 13.4. The smallest absolute Gasteiger partial charge is 0.311 e. The SMILES string of the molecule is [2H]C([2H])([2H])C(C)(CC)C(=O)O[C@H]1C[C@@H](C)C=C2C=C[C@H](C)[C@H](CC[C@@H](O)C[C@@H](O)CCC(=O)O)[C@@H]21. The predicted molar refractivity (Wildman–Crippen MR) is 124 cm³/mol. The Labute approximate surface area is 197 Å². The van der Waals surface area contributed by atoms with Crippen molar-refractivity contribution in [2.45, 2.75) is 97.8 Å². The van der Waals surface area contributed by atoms with Crippen molar-refractivity contribution in [2.24, 2.45) is 29.1 Å². The van der Waals surface area contributed by atoms with Crippen LogP contribution in [0.1, 0.15) is 83.6 Å². The van der Waals surface area contributed by atoms with Crippen molar-refractivity contribution in [3.8, 4) is 0 Å². The summed E-state index contributed by atoms with van der Waals surface area (Å²) in [5.74, 6) is -1.36. The molecule has 0 aromatic heterocycles. The lowest BCUT2D eigenvalue weighted by Crippen LogP contribution is -2.43. The highest BCUT2D eigenvalue weighted by atomic mass is 16.5. The van der Waals surface area contributed by atoms with E-state index in [1.54, 1.807) is 6.92 Å². The molecule has 0 radical (unpaired) electrons. The van der Waals surface area contributed by atoms with Crippen molar-refractivity contribution < 1.29 is 33.8 Å². The summed E-state index contributed by atoms with van der Waals surface area (Å²) < 4.78 is 29.6. The molecule has 2 rings (SSSR count). The van der Waals surface area contributed by atoms with Crippen LogP contribution in [0.3, 0.4) is 0 Å². The molecule has 0 spiro atoms. The molecular formula is C26H42O6. The summed E-state index contributed by atoms with van der Waals surface area (Å²) in [6.45, 7) is 4.79. The number of hydrogen-bond donors (Lipinski definition) is 3. The van der Waals surface area contributed by atoms with Crippen molar-refractivity contribution in [1.82, 2.24) is 0 Å². The van der Waals surface area contributed by atoms with Gasteiger partial charge in [0.2, 0.25) is 0 Å². The zero-order valence-electron chi connectivity index (χ0n) is 22.8. The Morgan fingerprint density at radius 3 is 2.59 bits per heavy atom. The molecule has 0 amide bonds. The van der Waals surface area contributed by atoms with E-state index in [9.17, 15) is 19.8 Å². The minimum atomic E-state index is -2.47. The molecule has 32 heavy (non-hydrogen) atoms. The number of allylic oxidation sites excluding steroid dienone is 3. The van der Waals surface area contributed by atoms with Crippen molar-refractivity contribution in [3.63, 3.8) is 0 Å². The van der Waals surface area contributed by atoms with E-state index in [4.69, 9.17) is 14.0 Å². The second-order valence-corrected chi connectivity index (χ2v) is 9.97. The number of carboxylic acid groups (broad SMARTS) is 1. The van der Waals surface area contributed by atoms with Gasteiger partial charge in [-0.1, -0.05) is 39.0 Å². The maximum atomic E-state index is 13.1. The number of aliphatic hydroxyl groups is 2. The van der Waals surface area contributed by atoms with Crippen LogP contribution in [0.15, 0.2) is 23.8 Å². The number of carbonyl (C=O) groups excluding carboxylic acids is 1. The van der Waals surface area contributed by atoms with Crippen molar-refractivity contribution in [1.29, 1.82) is 0 Å². The molecule has 0 aromatic rings. The molecule has 6 heteroatoms. The normalized spacial score (nSPS) is 32.9.